The van der Waals surface area contributed by atoms with Gasteiger partial charge in [-0.1, -0.05) is 19.4 Å². The van der Waals surface area contributed by atoms with Crippen LogP contribution in [0, 0.1) is 5.92 Å². The summed E-state index contributed by atoms with van der Waals surface area (Å²) in [5, 5.41) is 8.34. The first-order valence-electron chi connectivity index (χ1n) is 5.85. The Morgan fingerprint density at radius 3 is 3.00 bits per heavy atom. The van der Waals surface area contributed by atoms with Crippen LogP contribution in [0.25, 0.3) is 0 Å². The van der Waals surface area contributed by atoms with Crippen molar-refractivity contribution in [2.24, 2.45) is 5.92 Å². The predicted molar refractivity (Wildman–Crippen MR) is 66.5 cm³/mol. The molecule has 0 spiro atoms. The maximum Gasteiger partial charge on any atom is 0.226 e. The number of carbonyl (C=O) groups is 1. The molecule has 1 amide bonds. The van der Waals surface area contributed by atoms with E-state index in [0.717, 1.165) is 25.9 Å². The maximum atomic E-state index is 11.9. The van der Waals surface area contributed by atoms with E-state index < -0.39 is 0 Å². The van der Waals surface area contributed by atoms with E-state index in [0.29, 0.717) is 0 Å². The topological polar surface area (TPSA) is 41.1 Å². The predicted octanol–water partition coefficient (Wildman–Crippen LogP) is 1.92. The summed E-state index contributed by atoms with van der Waals surface area (Å²) in [5.41, 5.74) is 0. The number of nitrogens with one attached hydrogen (secondary N) is 2. The molecule has 2 rings (SSSR count). The molecule has 1 saturated heterocycles. The minimum Gasteiger partial charge on any atom is -0.348 e. The van der Waals surface area contributed by atoms with E-state index in [2.05, 4.69) is 29.0 Å². The normalized spacial score (nSPS) is 17.8. The van der Waals surface area contributed by atoms with Crippen LogP contribution in [-0.2, 0) is 4.79 Å². The van der Waals surface area contributed by atoms with Crippen molar-refractivity contribution in [1.29, 1.82) is 0 Å². The summed E-state index contributed by atoms with van der Waals surface area (Å²) < 4.78 is 0. The van der Waals surface area contributed by atoms with Gasteiger partial charge in [-0.3, -0.25) is 4.79 Å². The first-order valence-corrected chi connectivity index (χ1v) is 6.73. The number of hydrogen-bond donors (Lipinski definition) is 2. The van der Waals surface area contributed by atoms with Gasteiger partial charge in [0.1, 0.15) is 0 Å². The summed E-state index contributed by atoms with van der Waals surface area (Å²) in [6, 6.07) is 4.35. The molecule has 1 unspecified atom stereocenters. The first kappa shape index (κ1) is 11.6. The highest BCUT2D eigenvalue weighted by Crippen LogP contribution is 2.23. The standard InChI is InChI=1S/C12H18N2OS/c1-2-4-10(11-5-3-6-16-11)14-12(15)9-7-13-8-9/h3,5-6,9-10,13H,2,4,7-8H2,1H3,(H,14,15). The minimum absolute atomic E-state index is 0.180. The van der Waals surface area contributed by atoms with Gasteiger partial charge in [0.25, 0.3) is 0 Å². The Balaban J connectivity index is 1.94. The van der Waals surface area contributed by atoms with E-state index in [9.17, 15) is 4.79 Å². The van der Waals surface area contributed by atoms with Gasteiger partial charge in [0.2, 0.25) is 5.91 Å². The van der Waals surface area contributed by atoms with Crippen molar-refractivity contribution in [1.82, 2.24) is 10.6 Å². The van der Waals surface area contributed by atoms with Crippen LogP contribution in [0.3, 0.4) is 0 Å². The van der Waals surface area contributed by atoms with Gasteiger partial charge in [-0.2, -0.15) is 0 Å². The lowest BCUT2D eigenvalue weighted by Crippen LogP contribution is -2.51. The number of thiophene rings is 1. The van der Waals surface area contributed by atoms with Crippen molar-refractivity contribution in [2.45, 2.75) is 25.8 Å². The van der Waals surface area contributed by atoms with E-state index >= 15 is 0 Å². The summed E-state index contributed by atoms with van der Waals surface area (Å²) in [5.74, 6) is 0.380. The van der Waals surface area contributed by atoms with Crippen molar-refractivity contribution in [2.75, 3.05) is 13.1 Å². The molecule has 3 nitrogen and oxygen atoms in total. The van der Waals surface area contributed by atoms with E-state index in [-0.39, 0.29) is 17.9 Å². The Labute approximate surface area is 100 Å². The molecule has 0 bridgehead atoms. The highest BCUT2D eigenvalue weighted by Gasteiger charge is 2.26. The first-order chi connectivity index (χ1) is 7.81. The lowest BCUT2D eigenvalue weighted by molar-refractivity contribution is -0.127. The van der Waals surface area contributed by atoms with Crippen molar-refractivity contribution < 1.29 is 4.79 Å². The summed E-state index contributed by atoms with van der Waals surface area (Å²) >= 11 is 1.72. The fraction of sp³-hybridized carbons (Fsp3) is 0.583. The molecular weight excluding hydrogens is 220 g/mol. The van der Waals surface area contributed by atoms with Gasteiger partial charge in [-0.15, -0.1) is 11.3 Å². The summed E-state index contributed by atoms with van der Waals surface area (Å²) in [6.45, 7) is 3.81. The van der Waals surface area contributed by atoms with Gasteiger partial charge >= 0.3 is 0 Å². The van der Waals surface area contributed by atoms with Crippen LogP contribution in [0.4, 0.5) is 0 Å². The molecule has 4 heteroatoms. The molecule has 0 radical (unpaired) electrons. The molecule has 16 heavy (non-hydrogen) atoms. The van der Waals surface area contributed by atoms with Crippen LogP contribution < -0.4 is 10.6 Å². The zero-order valence-corrected chi connectivity index (χ0v) is 10.3. The highest BCUT2D eigenvalue weighted by atomic mass is 32.1. The number of rotatable bonds is 5. The largest absolute Gasteiger partial charge is 0.348 e. The third kappa shape index (κ3) is 2.62. The molecule has 1 atom stereocenters. The van der Waals surface area contributed by atoms with Gasteiger partial charge in [0.15, 0.2) is 0 Å². The number of carbonyl (C=O) groups excluding carboxylic acids is 1. The molecule has 2 heterocycles. The van der Waals surface area contributed by atoms with E-state index in [1.165, 1.54) is 4.88 Å². The highest BCUT2D eigenvalue weighted by molar-refractivity contribution is 7.10. The summed E-state index contributed by atoms with van der Waals surface area (Å²) in [6.07, 6.45) is 2.11. The monoisotopic (exact) mass is 238 g/mol. The van der Waals surface area contributed by atoms with Crippen molar-refractivity contribution in [3.8, 4) is 0 Å². The van der Waals surface area contributed by atoms with Crippen LogP contribution in [0.1, 0.15) is 30.7 Å². The molecule has 1 aliphatic rings. The van der Waals surface area contributed by atoms with E-state index in [1.807, 2.05) is 6.07 Å². The summed E-state index contributed by atoms with van der Waals surface area (Å²) in [7, 11) is 0. The maximum absolute atomic E-state index is 11.9. The lowest BCUT2D eigenvalue weighted by Gasteiger charge is -2.28. The Kier molecular flexibility index (Phi) is 3.96. The molecule has 88 valence electrons. The lowest BCUT2D eigenvalue weighted by atomic mass is 10.0. The van der Waals surface area contributed by atoms with Crippen LogP contribution >= 0.6 is 11.3 Å². The Bertz CT molecular complexity index is 333. The van der Waals surface area contributed by atoms with Crippen molar-refractivity contribution >= 4 is 17.2 Å². The van der Waals surface area contributed by atoms with Crippen LogP contribution in [0.5, 0.6) is 0 Å². The molecule has 1 fully saturated rings. The average Bonchev–Trinajstić information content (AvgIpc) is 2.66. The van der Waals surface area contributed by atoms with E-state index in [1.54, 1.807) is 11.3 Å². The number of amides is 1. The van der Waals surface area contributed by atoms with Gasteiger partial charge < -0.3 is 10.6 Å². The van der Waals surface area contributed by atoms with Crippen LogP contribution in [-0.4, -0.2) is 19.0 Å². The third-order valence-electron chi connectivity index (χ3n) is 2.93. The van der Waals surface area contributed by atoms with Crippen LogP contribution in [0.2, 0.25) is 0 Å². The molecule has 1 aromatic heterocycles. The van der Waals surface area contributed by atoms with Gasteiger partial charge in [-0.25, -0.2) is 0 Å². The Hall–Kier alpha value is -0.870. The molecular formula is C12H18N2OS. The summed E-state index contributed by atoms with van der Waals surface area (Å²) in [4.78, 5) is 13.1. The molecule has 1 aromatic rings. The fourth-order valence-corrected chi connectivity index (χ4v) is 2.64. The smallest absolute Gasteiger partial charge is 0.226 e. The molecule has 0 aliphatic carbocycles. The van der Waals surface area contributed by atoms with Gasteiger partial charge in [0, 0.05) is 18.0 Å². The quantitative estimate of drug-likeness (QED) is 0.823. The van der Waals surface area contributed by atoms with Crippen molar-refractivity contribution in [3.05, 3.63) is 22.4 Å². The molecule has 0 saturated carbocycles. The molecule has 1 aliphatic heterocycles. The third-order valence-corrected chi connectivity index (χ3v) is 3.92. The number of hydrogen-bond acceptors (Lipinski definition) is 3. The molecule has 0 aromatic carbocycles. The van der Waals surface area contributed by atoms with Crippen molar-refractivity contribution in [3.63, 3.8) is 0 Å². The van der Waals surface area contributed by atoms with Crippen LogP contribution in [0.15, 0.2) is 17.5 Å². The second-order valence-corrected chi connectivity index (χ2v) is 5.20. The average molecular weight is 238 g/mol. The second kappa shape index (κ2) is 5.46. The Morgan fingerprint density at radius 1 is 1.69 bits per heavy atom. The SMILES string of the molecule is CCCC(NC(=O)C1CNC1)c1cccs1. The zero-order chi connectivity index (χ0) is 11.4. The van der Waals surface area contributed by atoms with Gasteiger partial charge in [0.05, 0.1) is 12.0 Å². The minimum atomic E-state index is 0.180. The molecule has 2 N–H and O–H groups in total. The fourth-order valence-electron chi connectivity index (χ4n) is 1.83. The zero-order valence-electron chi connectivity index (χ0n) is 9.53. The Morgan fingerprint density at radius 2 is 2.50 bits per heavy atom. The van der Waals surface area contributed by atoms with Gasteiger partial charge in [-0.05, 0) is 17.9 Å². The second-order valence-electron chi connectivity index (χ2n) is 4.22. The van der Waals surface area contributed by atoms with E-state index in [4.69, 9.17) is 0 Å².